The van der Waals surface area contributed by atoms with Crippen molar-refractivity contribution in [2.45, 2.75) is 32.7 Å². The van der Waals surface area contributed by atoms with Crippen LogP contribution >= 0.6 is 11.3 Å². The van der Waals surface area contributed by atoms with Gasteiger partial charge in [-0.25, -0.2) is 9.78 Å². The summed E-state index contributed by atoms with van der Waals surface area (Å²) in [4.78, 5) is 18.0. The molecule has 1 aliphatic rings. The van der Waals surface area contributed by atoms with Crippen molar-refractivity contribution in [2.75, 3.05) is 11.4 Å². The predicted molar refractivity (Wildman–Crippen MR) is 84.3 cm³/mol. The van der Waals surface area contributed by atoms with Crippen molar-refractivity contribution in [3.63, 3.8) is 0 Å². The maximum Gasteiger partial charge on any atom is 0.335 e. The average molecular weight is 302 g/mol. The Hall–Kier alpha value is -1.88. The van der Waals surface area contributed by atoms with Crippen LogP contribution in [-0.4, -0.2) is 22.6 Å². The van der Waals surface area contributed by atoms with Crippen LogP contribution in [0.4, 0.5) is 5.69 Å². The van der Waals surface area contributed by atoms with Crippen LogP contribution in [0.3, 0.4) is 0 Å². The molecule has 110 valence electrons. The first-order valence-corrected chi connectivity index (χ1v) is 8.09. The number of aromatic carboxylic acids is 1. The Morgan fingerprint density at radius 1 is 1.48 bits per heavy atom. The van der Waals surface area contributed by atoms with E-state index in [1.807, 2.05) is 6.07 Å². The lowest BCUT2D eigenvalue weighted by atomic mass is 10.1. The highest BCUT2D eigenvalue weighted by Gasteiger charge is 2.21. The molecule has 5 heteroatoms. The van der Waals surface area contributed by atoms with E-state index in [9.17, 15) is 4.79 Å². The van der Waals surface area contributed by atoms with Gasteiger partial charge in [-0.15, -0.1) is 11.3 Å². The minimum Gasteiger partial charge on any atom is -0.478 e. The topological polar surface area (TPSA) is 53.4 Å². The molecule has 0 aliphatic carbocycles. The molecule has 0 fully saturated rings. The highest BCUT2D eigenvalue weighted by molar-refractivity contribution is 7.09. The first kappa shape index (κ1) is 14.1. The molecule has 0 atom stereocenters. The number of hydrogen-bond acceptors (Lipinski definition) is 4. The Morgan fingerprint density at radius 2 is 2.33 bits per heavy atom. The van der Waals surface area contributed by atoms with E-state index in [-0.39, 0.29) is 0 Å². The molecule has 4 nitrogen and oxygen atoms in total. The number of benzene rings is 1. The molecule has 3 rings (SSSR count). The summed E-state index contributed by atoms with van der Waals surface area (Å²) in [5.74, 6) is -0.861. The van der Waals surface area contributed by atoms with Crippen LogP contribution in [0.1, 0.15) is 40.0 Å². The number of thiazole rings is 1. The largest absolute Gasteiger partial charge is 0.478 e. The highest BCUT2D eigenvalue weighted by atomic mass is 32.1. The van der Waals surface area contributed by atoms with E-state index >= 15 is 0 Å². The lowest BCUT2D eigenvalue weighted by Crippen LogP contribution is -2.19. The quantitative estimate of drug-likeness (QED) is 0.920. The van der Waals surface area contributed by atoms with Crippen LogP contribution < -0.4 is 4.90 Å². The van der Waals surface area contributed by atoms with Gasteiger partial charge < -0.3 is 10.0 Å². The molecule has 2 aromatic rings. The standard InChI is InChI=1S/C16H18N2O2S/c1-2-3-15-17-13(10-21-15)9-18-7-6-11-8-12(16(19)20)4-5-14(11)18/h4-5,8,10H,2-3,6-7,9H2,1H3,(H,19,20). The molecule has 1 aromatic heterocycles. The third-order valence-corrected chi connectivity index (χ3v) is 4.69. The summed E-state index contributed by atoms with van der Waals surface area (Å²) in [5.41, 5.74) is 3.75. The van der Waals surface area contributed by atoms with Gasteiger partial charge in [0.1, 0.15) is 0 Å². The number of rotatable bonds is 5. The minimum absolute atomic E-state index is 0.370. The molecular weight excluding hydrogens is 284 g/mol. The van der Waals surface area contributed by atoms with Crippen LogP contribution in [-0.2, 0) is 19.4 Å². The summed E-state index contributed by atoms with van der Waals surface area (Å²) in [5, 5.41) is 12.4. The molecule has 0 amide bonds. The third-order valence-electron chi connectivity index (χ3n) is 3.73. The van der Waals surface area contributed by atoms with Crippen molar-refractivity contribution >= 4 is 23.0 Å². The minimum atomic E-state index is -0.861. The number of anilines is 1. The SMILES string of the molecule is CCCc1nc(CN2CCc3cc(C(=O)O)ccc32)cs1. The number of hydrogen-bond donors (Lipinski definition) is 1. The second-order valence-electron chi connectivity index (χ2n) is 5.30. The Balaban J connectivity index is 1.76. The number of carboxylic acids is 1. The van der Waals surface area contributed by atoms with Crippen molar-refractivity contribution < 1.29 is 9.90 Å². The van der Waals surface area contributed by atoms with Crippen LogP contribution in [0.5, 0.6) is 0 Å². The molecule has 1 N–H and O–H groups in total. The van der Waals surface area contributed by atoms with Gasteiger partial charge in [-0.2, -0.15) is 0 Å². The molecule has 1 aromatic carbocycles. The van der Waals surface area contributed by atoms with E-state index in [0.29, 0.717) is 5.56 Å². The fourth-order valence-electron chi connectivity index (χ4n) is 2.71. The average Bonchev–Trinajstić information content (AvgIpc) is 3.07. The zero-order chi connectivity index (χ0) is 14.8. The van der Waals surface area contributed by atoms with E-state index in [2.05, 4.69) is 22.2 Å². The molecule has 21 heavy (non-hydrogen) atoms. The van der Waals surface area contributed by atoms with Crippen molar-refractivity contribution in [3.8, 4) is 0 Å². The second-order valence-corrected chi connectivity index (χ2v) is 6.25. The second kappa shape index (κ2) is 5.85. The van der Waals surface area contributed by atoms with Gasteiger partial charge in [-0.3, -0.25) is 0 Å². The van der Waals surface area contributed by atoms with E-state index in [1.165, 1.54) is 5.01 Å². The van der Waals surface area contributed by atoms with Gasteiger partial charge in [-0.1, -0.05) is 6.92 Å². The Kier molecular flexibility index (Phi) is 3.92. The lowest BCUT2D eigenvalue weighted by molar-refractivity contribution is 0.0697. The highest BCUT2D eigenvalue weighted by Crippen LogP contribution is 2.30. The third kappa shape index (κ3) is 2.93. The van der Waals surface area contributed by atoms with Gasteiger partial charge in [0.25, 0.3) is 0 Å². The summed E-state index contributed by atoms with van der Waals surface area (Å²) in [6.45, 7) is 3.90. The molecule has 0 radical (unpaired) electrons. The van der Waals surface area contributed by atoms with Crippen molar-refractivity contribution in [3.05, 3.63) is 45.4 Å². The first-order valence-electron chi connectivity index (χ1n) is 7.22. The number of aryl methyl sites for hydroxylation is 1. The fourth-order valence-corrected chi connectivity index (χ4v) is 3.60. The van der Waals surface area contributed by atoms with Gasteiger partial charge in [0.15, 0.2) is 0 Å². The Bertz CT molecular complexity index is 666. The van der Waals surface area contributed by atoms with Gasteiger partial charge >= 0.3 is 5.97 Å². The van der Waals surface area contributed by atoms with E-state index < -0.39 is 5.97 Å². The molecular formula is C16H18N2O2S. The molecule has 1 aliphatic heterocycles. The molecule has 0 bridgehead atoms. The normalized spacial score (nSPS) is 13.5. The van der Waals surface area contributed by atoms with Gasteiger partial charge in [-0.05, 0) is 43.0 Å². The monoisotopic (exact) mass is 302 g/mol. The molecule has 0 saturated heterocycles. The van der Waals surface area contributed by atoms with Crippen molar-refractivity contribution in [1.82, 2.24) is 4.98 Å². The molecule has 2 heterocycles. The predicted octanol–water partition coefficient (Wildman–Crippen LogP) is 3.36. The smallest absolute Gasteiger partial charge is 0.335 e. The summed E-state index contributed by atoms with van der Waals surface area (Å²) in [6.07, 6.45) is 3.07. The number of fused-ring (bicyclic) bond motifs is 1. The van der Waals surface area contributed by atoms with Crippen LogP contribution in [0, 0.1) is 0 Å². The summed E-state index contributed by atoms with van der Waals surface area (Å²) in [7, 11) is 0. The molecule has 0 spiro atoms. The van der Waals surface area contributed by atoms with Gasteiger partial charge in [0, 0.05) is 17.6 Å². The number of carbonyl (C=O) groups is 1. The van der Waals surface area contributed by atoms with Gasteiger partial charge in [0.05, 0.1) is 22.8 Å². The zero-order valence-electron chi connectivity index (χ0n) is 12.0. The Labute approximate surface area is 128 Å². The lowest BCUT2D eigenvalue weighted by Gasteiger charge is -2.18. The fraction of sp³-hybridized carbons (Fsp3) is 0.375. The first-order chi connectivity index (χ1) is 10.2. The summed E-state index contributed by atoms with van der Waals surface area (Å²) in [6, 6.07) is 5.40. The van der Waals surface area contributed by atoms with Crippen LogP contribution in [0.2, 0.25) is 0 Å². The van der Waals surface area contributed by atoms with E-state index in [4.69, 9.17) is 5.11 Å². The maximum absolute atomic E-state index is 11.0. The number of carboxylic acid groups (broad SMARTS) is 1. The summed E-state index contributed by atoms with van der Waals surface area (Å²) >= 11 is 1.73. The maximum atomic E-state index is 11.0. The van der Waals surface area contributed by atoms with Gasteiger partial charge in [0.2, 0.25) is 0 Å². The zero-order valence-corrected chi connectivity index (χ0v) is 12.8. The molecule has 0 saturated carbocycles. The molecule has 0 unspecified atom stereocenters. The van der Waals surface area contributed by atoms with Crippen LogP contribution in [0.25, 0.3) is 0 Å². The summed E-state index contributed by atoms with van der Waals surface area (Å²) < 4.78 is 0. The van der Waals surface area contributed by atoms with E-state index in [1.54, 1.807) is 23.5 Å². The van der Waals surface area contributed by atoms with E-state index in [0.717, 1.165) is 49.3 Å². The number of aromatic nitrogens is 1. The Morgan fingerprint density at radius 3 is 3.10 bits per heavy atom. The van der Waals surface area contributed by atoms with Crippen molar-refractivity contribution in [2.24, 2.45) is 0 Å². The van der Waals surface area contributed by atoms with Crippen LogP contribution in [0.15, 0.2) is 23.6 Å². The number of nitrogens with zero attached hydrogens (tertiary/aromatic N) is 2. The van der Waals surface area contributed by atoms with Crippen molar-refractivity contribution in [1.29, 1.82) is 0 Å².